The largest absolute Gasteiger partial charge is 0.375 e. The van der Waals surface area contributed by atoms with E-state index >= 15 is 0 Å². The first-order chi connectivity index (χ1) is 69.3. The summed E-state index contributed by atoms with van der Waals surface area (Å²) in [5, 5.41) is 0. The van der Waals surface area contributed by atoms with Crippen molar-refractivity contribution in [1.29, 1.82) is 0 Å². The first-order valence-corrected chi connectivity index (χ1v) is 53.6. The summed E-state index contributed by atoms with van der Waals surface area (Å²) in [5.41, 5.74) is 47.7. The van der Waals surface area contributed by atoms with Gasteiger partial charge < -0.3 is 37.9 Å². The third-order valence-electron chi connectivity index (χ3n) is 30.0. The second-order valence-corrected chi connectivity index (χ2v) is 42.1. The first kappa shape index (κ1) is 121. The second kappa shape index (κ2) is 59.0. The van der Waals surface area contributed by atoms with Gasteiger partial charge in [-0.15, -0.1) is 0 Å². The Kier molecular flexibility index (Phi) is 48.0. The summed E-state index contributed by atoms with van der Waals surface area (Å²) in [6.07, 6.45) is 17.3. The fourth-order valence-electron chi connectivity index (χ4n) is 20.1. The number of ether oxygens (including phenoxy) is 8. The lowest BCUT2D eigenvalue weighted by atomic mass is 10.0. The average Bonchev–Trinajstić information content (AvgIpc) is 1.69. The van der Waals surface area contributed by atoms with Crippen molar-refractivity contribution in [2.24, 2.45) is 17.8 Å². The molecular formula is C141H182O8. The van der Waals surface area contributed by atoms with E-state index in [1.165, 1.54) is 189 Å². The molecule has 0 fully saturated rings. The van der Waals surface area contributed by atoms with Crippen molar-refractivity contribution in [2.45, 2.75) is 360 Å². The minimum Gasteiger partial charge on any atom is -0.375 e. The highest BCUT2D eigenvalue weighted by molar-refractivity contribution is 5.82. The van der Waals surface area contributed by atoms with Crippen LogP contribution in [-0.4, -0.2) is 61.0 Å². The number of rotatable bonds is 28. The van der Waals surface area contributed by atoms with Crippen molar-refractivity contribution >= 4 is 0 Å². The lowest BCUT2D eigenvalue weighted by Crippen LogP contribution is -2.24. The van der Waals surface area contributed by atoms with Crippen molar-refractivity contribution in [3.63, 3.8) is 0 Å². The van der Waals surface area contributed by atoms with E-state index in [-0.39, 0.29) is 56.8 Å². The van der Waals surface area contributed by atoms with E-state index in [1.807, 2.05) is 0 Å². The van der Waals surface area contributed by atoms with Gasteiger partial charge in [0, 0.05) is 0 Å². The summed E-state index contributed by atoms with van der Waals surface area (Å²) in [6.45, 7) is 45.2. The molecule has 0 spiro atoms. The van der Waals surface area contributed by atoms with Gasteiger partial charge in [0.1, 0.15) is 0 Å². The maximum atomic E-state index is 6.06. The summed E-state index contributed by atoms with van der Waals surface area (Å²) in [5.74, 6) is 1.73. The van der Waals surface area contributed by atoms with Gasteiger partial charge in [0.15, 0.2) is 0 Å². The van der Waals surface area contributed by atoms with Gasteiger partial charge in [0.25, 0.3) is 0 Å². The Hall–Kier alpha value is -11.2. The Balaban J connectivity index is 0.000000188. The standard InChI is InChI=1S/2C19H22O.2C18H20O.2C17H18O.C14H20O.C13H18O.6CH4/c1-13(2)14(3)20-12-16-8-6-10-18-17-9-5-4-7-15(17)11-19(16)18;1-13(2)14(3)20-12-15-8-9-19-17(10-15)11-16-6-4-5-7-18(16)19;1-3-13(2)19-12-15-8-6-10-17-16-9-5-4-7-14(16)11-18(15)17;1-3-13(2)19-12-14-8-9-18-16(10-14)11-15-6-4-5-7-17(15)18;1-12(2)18-11-14-7-5-9-16-15-8-4-3-6-13(15)10-17(14)16;1-12(2)18-11-13-7-8-17-15(9-13)10-14-5-3-4-6-16(14)17;1-10(2)11(3)15-14-8-12-6-4-5-7-13(12)9-14;1-3-10(2)14-13-8-11-6-4-5-7-12(11)9-13;;;;;;/h2*4-10,13-14H,11-12H2,1-3H3;2*4-10,13H,3,11-12H2,1-2H3;2*3-9,12H,10-11H2,1-2H3;4-7,10-11,14H,8-9H2,1-3H3;4-7,10,13H,3,8-9H2,1-2H3;6*1H4. The maximum Gasteiger partial charge on any atom is 0.0723 e. The molecule has 794 valence electrons. The molecule has 0 radical (unpaired) electrons. The van der Waals surface area contributed by atoms with Crippen molar-refractivity contribution < 1.29 is 37.9 Å². The zero-order valence-electron chi connectivity index (χ0n) is 89.1. The van der Waals surface area contributed by atoms with E-state index in [1.54, 1.807) is 0 Å². The molecule has 0 aliphatic heterocycles. The van der Waals surface area contributed by atoms with Crippen LogP contribution < -0.4 is 0 Å². The average molecular weight is 2000 g/mol. The molecule has 0 heterocycles. The highest BCUT2D eigenvalue weighted by Crippen LogP contribution is 2.45. The van der Waals surface area contributed by atoms with Crippen LogP contribution in [0.5, 0.6) is 0 Å². The monoisotopic (exact) mass is 2000 g/mol. The number of hydrogen-bond donors (Lipinski definition) is 0. The molecule has 8 nitrogen and oxygen atoms in total. The van der Waals surface area contributed by atoms with E-state index < -0.39 is 0 Å². The summed E-state index contributed by atoms with van der Waals surface area (Å²) in [6, 6.07) is 109. The first-order valence-electron chi connectivity index (χ1n) is 53.6. The molecule has 14 aromatic rings. The quantitative estimate of drug-likeness (QED) is 0.0480. The molecule has 0 aromatic heterocycles. The predicted octanol–water partition coefficient (Wildman–Crippen LogP) is 37.1. The molecule has 149 heavy (non-hydrogen) atoms. The normalized spacial score (nSPS) is 14.0. The molecule has 14 aromatic carbocycles. The minimum atomic E-state index is 0. The van der Waals surface area contributed by atoms with Crippen molar-refractivity contribution in [1.82, 2.24) is 0 Å². The summed E-state index contributed by atoms with van der Waals surface area (Å²) < 4.78 is 47.1. The van der Waals surface area contributed by atoms with E-state index in [2.05, 4.69) is 435 Å². The van der Waals surface area contributed by atoms with Gasteiger partial charge in [-0.25, -0.2) is 0 Å². The highest BCUT2D eigenvalue weighted by atomic mass is 16.5. The smallest absolute Gasteiger partial charge is 0.0723 e. The van der Waals surface area contributed by atoms with E-state index in [0.29, 0.717) is 79.8 Å². The molecule has 0 amide bonds. The third kappa shape index (κ3) is 32.2. The Labute approximate surface area is 902 Å². The molecule has 8 aliphatic carbocycles. The Morgan fingerprint density at radius 3 is 0.732 bits per heavy atom. The molecule has 8 heteroatoms. The van der Waals surface area contributed by atoms with Crippen LogP contribution >= 0.6 is 0 Å². The Morgan fingerprint density at radius 2 is 0.430 bits per heavy atom. The van der Waals surface area contributed by atoms with Crippen molar-refractivity contribution in [3.8, 4) is 66.8 Å². The van der Waals surface area contributed by atoms with Gasteiger partial charge in [0.05, 0.1) is 101 Å². The van der Waals surface area contributed by atoms with Gasteiger partial charge >= 0.3 is 0 Å². The van der Waals surface area contributed by atoms with Gasteiger partial charge in [-0.2, -0.15) is 0 Å². The molecule has 6 atom stereocenters. The molecule has 0 saturated heterocycles. The topological polar surface area (TPSA) is 73.8 Å². The SMILES string of the molecule is C.C.C.C.C.C.CC(C)C(C)OC1Cc2ccccc2C1.CC(C)C(C)OCc1ccc2c(c1)Cc1ccccc1-2.CC(C)C(C)OCc1cccc2c1Cc1ccccc1-2.CC(C)OCc1ccc2c(c1)Cc1ccccc1-2.CC(C)OCc1cccc2c1Cc1ccccc1-2.CCC(C)OC1Cc2ccccc2C1.CCC(C)OCc1ccc2c(c1)Cc1ccccc1-2.CCC(C)OCc1cccc2c1Cc1ccccc1-2. The minimum absolute atomic E-state index is 0. The Morgan fingerprint density at radius 1 is 0.201 bits per heavy atom. The van der Waals surface area contributed by atoms with E-state index in [0.717, 1.165) is 110 Å². The second-order valence-electron chi connectivity index (χ2n) is 42.1. The van der Waals surface area contributed by atoms with Crippen molar-refractivity contribution in [2.75, 3.05) is 0 Å². The molecule has 0 saturated carbocycles. The van der Waals surface area contributed by atoms with Crippen LogP contribution in [-0.2, 0) is 142 Å². The van der Waals surface area contributed by atoms with Crippen LogP contribution in [0, 0.1) is 17.8 Å². The summed E-state index contributed by atoms with van der Waals surface area (Å²) >= 11 is 0. The number of benzene rings is 14. The highest BCUT2D eigenvalue weighted by Gasteiger charge is 2.30. The zero-order chi connectivity index (χ0) is 101. The molecule has 22 rings (SSSR count). The number of hydrogen-bond acceptors (Lipinski definition) is 8. The Bertz CT molecular complexity index is 6430. The summed E-state index contributed by atoms with van der Waals surface area (Å²) in [4.78, 5) is 0. The molecule has 0 N–H and O–H groups in total. The van der Waals surface area contributed by atoms with Crippen LogP contribution in [0.15, 0.2) is 303 Å². The van der Waals surface area contributed by atoms with Crippen LogP contribution in [0.1, 0.15) is 318 Å². The van der Waals surface area contributed by atoms with Gasteiger partial charge in [-0.05, 0) is 360 Å². The zero-order valence-corrected chi connectivity index (χ0v) is 89.1. The number of fused-ring (bicyclic) bond motifs is 20. The van der Waals surface area contributed by atoms with Crippen LogP contribution in [0.4, 0.5) is 0 Å². The molecule has 0 bridgehead atoms. The summed E-state index contributed by atoms with van der Waals surface area (Å²) in [7, 11) is 0. The van der Waals surface area contributed by atoms with Crippen LogP contribution in [0.25, 0.3) is 66.8 Å². The molecular weight excluding hydrogens is 1820 g/mol. The van der Waals surface area contributed by atoms with Gasteiger partial charge in [-0.3, -0.25) is 0 Å². The lowest BCUT2D eigenvalue weighted by Gasteiger charge is -2.21. The lowest BCUT2D eigenvalue weighted by molar-refractivity contribution is -0.0194. The maximum absolute atomic E-state index is 6.06. The van der Waals surface area contributed by atoms with Crippen LogP contribution in [0.3, 0.4) is 0 Å². The van der Waals surface area contributed by atoms with Crippen molar-refractivity contribution in [3.05, 3.63) is 426 Å². The molecule has 6 unspecified atom stereocenters. The van der Waals surface area contributed by atoms with Gasteiger partial charge in [0.2, 0.25) is 0 Å². The fraction of sp³-hybridized carbons (Fsp3) is 0.404. The third-order valence-corrected chi connectivity index (χ3v) is 30.0. The fourth-order valence-corrected chi connectivity index (χ4v) is 20.1. The van der Waals surface area contributed by atoms with Gasteiger partial charge in [-0.1, -0.05) is 410 Å². The predicted molar refractivity (Wildman–Crippen MR) is 637 cm³/mol. The van der Waals surface area contributed by atoms with Crippen LogP contribution in [0.2, 0.25) is 0 Å². The van der Waals surface area contributed by atoms with E-state index in [9.17, 15) is 0 Å². The molecule has 8 aliphatic rings. The van der Waals surface area contributed by atoms with E-state index in [4.69, 9.17) is 37.9 Å².